The molecule has 194 valence electrons. The summed E-state index contributed by atoms with van der Waals surface area (Å²) in [4.78, 5) is 12.4. The Morgan fingerprint density at radius 3 is 1.56 bits per heavy atom. The highest BCUT2D eigenvalue weighted by atomic mass is 35.8. The summed E-state index contributed by atoms with van der Waals surface area (Å²) in [7, 11) is 0. The second-order valence-corrected chi connectivity index (χ2v) is 21.5. The predicted molar refractivity (Wildman–Crippen MR) is 157 cm³/mol. The highest BCUT2D eigenvalue weighted by molar-refractivity contribution is 7.64. The van der Waals surface area contributed by atoms with Crippen LogP contribution in [0.3, 0.4) is 0 Å². The number of ether oxygens (including phenoxy) is 1. The zero-order chi connectivity index (χ0) is 26.6. The SMILES string of the molecule is ClC(Cl)(Cl)c1nc(-c2ccc(-c3ccc(OCCCCC[Si](Cl)(Cl)Cl)cc3)cc2)nc(C(Cl)(Cl)Cl)n1. The number of nitrogens with zero attached hydrogens (tertiary/aromatic N) is 3. The Morgan fingerprint density at radius 1 is 0.611 bits per heavy atom. The Labute approximate surface area is 254 Å². The van der Waals surface area contributed by atoms with Crippen LogP contribution in [0.1, 0.15) is 30.9 Å². The number of aromatic nitrogens is 3. The number of halogens is 9. The van der Waals surface area contributed by atoms with Crippen molar-refractivity contribution in [2.75, 3.05) is 6.61 Å². The summed E-state index contributed by atoms with van der Waals surface area (Å²) in [5.74, 6) is 0.699. The maximum atomic E-state index is 5.95. The van der Waals surface area contributed by atoms with Gasteiger partial charge in [-0.25, -0.2) is 15.0 Å². The normalized spacial score (nSPS) is 12.6. The van der Waals surface area contributed by atoms with E-state index in [2.05, 4.69) is 15.0 Å². The molecule has 2 aromatic carbocycles. The van der Waals surface area contributed by atoms with E-state index >= 15 is 0 Å². The third kappa shape index (κ3) is 9.67. The minimum absolute atomic E-state index is 0.148. The van der Waals surface area contributed by atoms with Gasteiger partial charge in [0.05, 0.1) is 6.61 Å². The monoisotopic (exact) mass is 683 g/mol. The molecule has 0 radical (unpaired) electrons. The van der Waals surface area contributed by atoms with E-state index in [4.69, 9.17) is 108 Å². The van der Waals surface area contributed by atoms with Crippen molar-refractivity contribution in [3.63, 3.8) is 0 Å². The number of unbranched alkanes of at least 4 members (excludes halogenated alkanes) is 2. The quantitative estimate of drug-likeness (QED) is 0.0973. The van der Waals surface area contributed by atoms with E-state index in [0.29, 0.717) is 18.2 Å². The van der Waals surface area contributed by atoms with Gasteiger partial charge < -0.3 is 4.74 Å². The molecule has 3 rings (SSSR count). The third-order valence-electron chi connectivity index (χ3n) is 4.85. The van der Waals surface area contributed by atoms with Gasteiger partial charge in [-0.05, 0) is 35.7 Å². The molecule has 0 unspecified atom stereocenters. The lowest BCUT2D eigenvalue weighted by molar-refractivity contribution is 0.306. The van der Waals surface area contributed by atoms with Gasteiger partial charge in [-0.2, -0.15) is 0 Å². The molecule has 0 N–H and O–H groups in total. The molecule has 0 aliphatic carbocycles. The summed E-state index contributed by atoms with van der Waals surface area (Å²) in [5, 5.41) is 0. The first-order chi connectivity index (χ1) is 16.7. The second-order valence-electron chi connectivity index (χ2n) is 7.68. The van der Waals surface area contributed by atoms with Crippen LogP contribution < -0.4 is 4.74 Å². The van der Waals surface area contributed by atoms with Gasteiger partial charge in [0.1, 0.15) is 5.75 Å². The molecule has 0 saturated carbocycles. The summed E-state index contributed by atoms with van der Waals surface area (Å²) in [6.45, 7) is 0.605. The van der Waals surface area contributed by atoms with Gasteiger partial charge in [-0.1, -0.05) is 119 Å². The van der Waals surface area contributed by atoms with Crippen molar-refractivity contribution in [3.05, 3.63) is 60.2 Å². The fourth-order valence-electron chi connectivity index (χ4n) is 3.11. The van der Waals surface area contributed by atoms with E-state index in [-0.39, 0.29) is 17.5 Å². The molecule has 0 aliphatic rings. The average molecular weight is 688 g/mol. The molecular formula is C22H18Cl9N3OSi. The van der Waals surface area contributed by atoms with Crippen LogP contribution in [0.15, 0.2) is 48.5 Å². The van der Waals surface area contributed by atoms with Crippen LogP contribution in [0.5, 0.6) is 5.75 Å². The number of rotatable bonds is 9. The van der Waals surface area contributed by atoms with E-state index in [1.807, 2.05) is 48.5 Å². The van der Waals surface area contributed by atoms with Gasteiger partial charge in [0.15, 0.2) is 17.5 Å². The Balaban J connectivity index is 1.67. The van der Waals surface area contributed by atoms with Crippen molar-refractivity contribution in [2.24, 2.45) is 0 Å². The van der Waals surface area contributed by atoms with Gasteiger partial charge in [0, 0.05) is 5.56 Å². The Bertz CT molecular complexity index is 1110. The van der Waals surface area contributed by atoms with Crippen molar-refractivity contribution >= 4 is 109 Å². The lowest BCUT2D eigenvalue weighted by Crippen LogP contribution is -2.16. The Kier molecular flexibility index (Phi) is 11.0. The highest BCUT2D eigenvalue weighted by Crippen LogP contribution is 2.41. The molecule has 4 nitrogen and oxygen atoms in total. The molecule has 1 aromatic heterocycles. The molecular weight excluding hydrogens is 669 g/mol. The fraction of sp³-hybridized carbons (Fsp3) is 0.318. The molecule has 0 spiro atoms. The van der Waals surface area contributed by atoms with Crippen LogP contribution in [0.2, 0.25) is 6.04 Å². The minimum atomic E-state index is -2.53. The van der Waals surface area contributed by atoms with Gasteiger partial charge >= 0.3 is 6.00 Å². The topological polar surface area (TPSA) is 47.9 Å². The minimum Gasteiger partial charge on any atom is -0.494 e. The van der Waals surface area contributed by atoms with E-state index < -0.39 is 13.6 Å². The maximum absolute atomic E-state index is 5.95. The summed E-state index contributed by atoms with van der Waals surface area (Å²) in [6.07, 6.45) is 2.75. The molecule has 14 heteroatoms. The van der Waals surface area contributed by atoms with Crippen molar-refractivity contribution in [3.8, 4) is 28.3 Å². The molecule has 0 aliphatic heterocycles. The van der Waals surface area contributed by atoms with Crippen molar-refractivity contribution in [1.29, 1.82) is 0 Å². The first kappa shape index (κ1) is 30.6. The van der Waals surface area contributed by atoms with Gasteiger partial charge in [-0.3, -0.25) is 0 Å². The molecule has 0 atom stereocenters. The van der Waals surface area contributed by atoms with Crippen LogP contribution in [0, 0.1) is 0 Å². The molecule has 0 saturated heterocycles. The second kappa shape index (κ2) is 13.0. The van der Waals surface area contributed by atoms with Gasteiger partial charge in [0.25, 0.3) is 0 Å². The number of benzene rings is 2. The molecule has 0 bridgehead atoms. The zero-order valence-electron chi connectivity index (χ0n) is 18.3. The van der Waals surface area contributed by atoms with Crippen LogP contribution in [0.4, 0.5) is 0 Å². The van der Waals surface area contributed by atoms with Gasteiger partial charge in [0.2, 0.25) is 7.59 Å². The third-order valence-corrected chi connectivity index (χ3v) is 8.48. The zero-order valence-corrected chi connectivity index (χ0v) is 26.1. The maximum Gasteiger partial charge on any atom is 0.341 e. The summed E-state index contributed by atoms with van der Waals surface area (Å²) in [6, 6.07) is 13.4. The summed E-state index contributed by atoms with van der Waals surface area (Å²) in [5.41, 5.74) is 2.60. The van der Waals surface area contributed by atoms with Crippen LogP contribution >= 0.6 is 103 Å². The van der Waals surface area contributed by atoms with E-state index in [9.17, 15) is 0 Å². The first-order valence-corrected chi connectivity index (χ1v) is 18.0. The van der Waals surface area contributed by atoms with Crippen molar-refractivity contribution in [2.45, 2.75) is 32.9 Å². The van der Waals surface area contributed by atoms with Crippen LogP contribution in [0.25, 0.3) is 22.5 Å². The van der Waals surface area contributed by atoms with Crippen LogP contribution in [-0.2, 0) is 7.59 Å². The van der Waals surface area contributed by atoms with E-state index in [0.717, 1.165) is 36.1 Å². The molecule has 0 amide bonds. The molecule has 3 aromatic rings. The summed E-state index contributed by atoms with van der Waals surface area (Å²) >= 11 is 53.4. The molecule has 36 heavy (non-hydrogen) atoms. The average Bonchev–Trinajstić information content (AvgIpc) is 2.80. The largest absolute Gasteiger partial charge is 0.494 e. The first-order valence-electron chi connectivity index (χ1n) is 10.5. The number of alkyl halides is 6. The van der Waals surface area contributed by atoms with Crippen molar-refractivity contribution < 1.29 is 4.74 Å². The fourth-order valence-corrected chi connectivity index (χ4v) is 5.47. The molecule has 1 heterocycles. The smallest absolute Gasteiger partial charge is 0.341 e. The number of hydrogen-bond donors (Lipinski definition) is 0. The predicted octanol–water partition coefficient (Wildman–Crippen LogP) is 10.1. The Hall–Kier alpha value is 0.0769. The lowest BCUT2D eigenvalue weighted by atomic mass is 10.0. The number of hydrogen-bond acceptors (Lipinski definition) is 4. The van der Waals surface area contributed by atoms with E-state index in [1.54, 1.807) is 0 Å². The highest BCUT2D eigenvalue weighted by Gasteiger charge is 2.34. The Morgan fingerprint density at radius 2 is 1.08 bits per heavy atom. The lowest BCUT2D eigenvalue weighted by Gasteiger charge is -2.15. The van der Waals surface area contributed by atoms with Gasteiger partial charge in [-0.15, -0.1) is 33.2 Å². The molecule has 0 fully saturated rings. The van der Waals surface area contributed by atoms with Crippen molar-refractivity contribution in [1.82, 2.24) is 15.0 Å². The standard InChI is InChI=1S/C22H18Cl9N3OSi/c23-21(24,25)19-32-18(33-20(34-19)22(26,27)28)16-6-4-14(5-7-16)15-8-10-17(11-9-15)35-12-2-1-3-13-36(29,30)31/h4-11H,1-3,12-13H2. The van der Waals surface area contributed by atoms with E-state index in [1.165, 1.54) is 0 Å². The summed E-state index contributed by atoms with van der Waals surface area (Å²) < 4.78 is 1.97. The van der Waals surface area contributed by atoms with Crippen LogP contribution in [-0.4, -0.2) is 27.6 Å².